The molecule has 0 amide bonds. The van der Waals surface area contributed by atoms with Crippen molar-refractivity contribution < 1.29 is 41.0 Å². The Kier molecular flexibility index (Phi) is 7.28. The van der Waals surface area contributed by atoms with E-state index >= 15 is 0 Å². The average Bonchev–Trinajstić information content (AvgIpc) is 2.56. The molecule has 11 heteroatoms. The van der Waals surface area contributed by atoms with Crippen LogP contribution in [0.2, 0.25) is 0 Å². The van der Waals surface area contributed by atoms with E-state index in [2.05, 4.69) is 19.8 Å². The second kappa shape index (κ2) is 8.77. The molecule has 0 aromatic carbocycles. The molecule has 0 aliphatic heterocycles. The van der Waals surface area contributed by atoms with Gasteiger partial charge in [0.1, 0.15) is 16.8 Å². The van der Waals surface area contributed by atoms with Gasteiger partial charge in [0.2, 0.25) is 0 Å². The van der Waals surface area contributed by atoms with Gasteiger partial charge < -0.3 is 14.8 Å². The van der Waals surface area contributed by atoms with Gasteiger partial charge in [-0.05, 0) is 13.3 Å². The SMILES string of the molecule is CCCNc1c(C(=O)OC)c(C(F)F)nc(C(F)(F)F)c1C(=O)OCC. The number of nitrogens with zero attached hydrogens (tertiary/aromatic N) is 1. The lowest BCUT2D eigenvalue weighted by molar-refractivity contribution is -0.142. The predicted octanol–water partition coefficient (Wildman–Crippen LogP) is 3.82. The van der Waals surface area contributed by atoms with Crippen molar-refractivity contribution in [2.24, 2.45) is 0 Å². The lowest BCUT2D eigenvalue weighted by Gasteiger charge is -2.21. The third-order valence-corrected chi connectivity index (χ3v) is 3.12. The highest BCUT2D eigenvalue weighted by molar-refractivity contribution is 6.06. The van der Waals surface area contributed by atoms with Gasteiger partial charge in [-0.15, -0.1) is 0 Å². The highest BCUT2D eigenvalue weighted by atomic mass is 19.4. The Morgan fingerprint density at radius 1 is 1.15 bits per heavy atom. The highest BCUT2D eigenvalue weighted by Gasteiger charge is 2.43. The molecule has 1 rings (SSSR count). The van der Waals surface area contributed by atoms with Crippen LogP contribution >= 0.6 is 0 Å². The van der Waals surface area contributed by atoms with Gasteiger partial charge >= 0.3 is 18.1 Å². The van der Waals surface area contributed by atoms with E-state index in [-0.39, 0.29) is 13.2 Å². The molecule has 26 heavy (non-hydrogen) atoms. The first kappa shape index (κ1) is 21.6. The fraction of sp³-hybridized carbons (Fsp3) is 0.533. The van der Waals surface area contributed by atoms with Crippen molar-refractivity contribution in [3.05, 3.63) is 22.5 Å². The van der Waals surface area contributed by atoms with Crippen LogP contribution in [0.15, 0.2) is 0 Å². The number of anilines is 1. The fourth-order valence-electron chi connectivity index (χ4n) is 2.10. The first-order valence-corrected chi connectivity index (χ1v) is 7.52. The maximum absolute atomic E-state index is 13.4. The number of nitrogens with one attached hydrogen (secondary N) is 1. The standard InChI is InChI=1S/C15H17F5N2O4/c1-4-6-21-9-7(13(23)25-3)10(12(16)17)22-11(15(18,19)20)8(9)14(24)26-5-2/h12H,4-6H2,1-3H3,(H,21,22). The molecule has 1 heterocycles. The number of hydrogen-bond donors (Lipinski definition) is 1. The lowest BCUT2D eigenvalue weighted by atomic mass is 10.0. The van der Waals surface area contributed by atoms with Crippen molar-refractivity contribution >= 4 is 17.6 Å². The van der Waals surface area contributed by atoms with Crippen LogP contribution in [0, 0.1) is 0 Å². The average molecular weight is 384 g/mol. The maximum atomic E-state index is 13.4. The molecule has 0 saturated carbocycles. The Morgan fingerprint density at radius 2 is 1.77 bits per heavy atom. The van der Waals surface area contributed by atoms with E-state index in [1.165, 1.54) is 6.92 Å². The Bertz CT molecular complexity index is 677. The number of carbonyl (C=O) groups excluding carboxylic acids is 2. The van der Waals surface area contributed by atoms with E-state index in [1.807, 2.05) is 0 Å². The largest absolute Gasteiger partial charge is 0.465 e. The van der Waals surface area contributed by atoms with E-state index in [9.17, 15) is 31.5 Å². The first-order chi connectivity index (χ1) is 12.1. The summed E-state index contributed by atoms with van der Waals surface area (Å²) in [6.07, 6.45) is -8.37. The molecule has 0 radical (unpaired) electrons. The smallest absolute Gasteiger partial charge is 0.434 e. The minimum absolute atomic E-state index is 0.000385. The zero-order valence-corrected chi connectivity index (χ0v) is 14.2. The maximum Gasteiger partial charge on any atom is 0.434 e. The summed E-state index contributed by atoms with van der Waals surface area (Å²) in [7, 11) is 0.864. The Hall–Kier alpha value is -2.46. The zero-order valence-electron chi connectivity index (χ0n) is 14.2. The third kappa shape index (κ3) is 4.58. The molecular weight excluding hydrogens is 367 g/mol. The molecule has 0 atom stereocenters. The van der Waals surface area contributed by atoms with E-state index < -0.39 is 52.7 Å². The van der Waals surface area contributed by atoms with Gasteiger partial charge in [-0.1, -0.05) is 6.92 Å². The monoisotopic (exact) mass is 384 g/mol. The highest BCUT2D eigenvalue weighted by Crippen LogP contribution is 2.39. The summed E-state index contributed by atoms with van der Waals surface area (Å²) in [5, 5.41) is 2.42. The second-order valence-corrected chi connectivity index (χ2v) is 4.91. The van der Waals surface area contributed by atoms with Crippen LogP contribution in [-0.2, 0) is 15.7 Å². The van der Waals surface area contributed by atoms with Crippen LogP contribution < -0.4 is 5.32 Å². The first-order valence-electron chi connectivity index (χ1n) is 7.52. The summed E-state index contributed by atoms with van der Waals surface area (Å²) < 4.78 is 75.6. The van der Waals surface area contributed by atoms with Crippen LogP contribution in [0.5, 0.6) is 0 Å². The van der Waals surface area contributed by atoms with Crippen molar-refractivity contribution in [1.29, 1.82) is 0 Å². The summed E-state index contributed by atoms with van der Waals surface area (Å²) in [4.78, 5) is 26.9. The molecule has 0 bridgehead atoms. The molecule has 0 fully saturated rings. The number of ether oxygens (including phenoxy) is 2. The van der Waals surface area contributed by atoms with Crippen molar-refractivity contribution in [2.75, 3.05) is 25.6 Å². The summed E-state index contributed by atoms with van der Waals surface area (Å²) in [6, 6.07) is 0. The third-order valence-electron chi connectivity index (χ3n) is 3.12. The number of aromatic nitrogens is 1. The van der Waals surface area contributed by atoms with E-state index in [0.717, 1.165) is 7.11 Å². The number of carbonyl (C=O) groups is 2. The topological polar surface area (TPSA) is 77.5 Å². The zero-order chi connectivity index (χ0) is 20.1. The van der Waals surface area contributed by atoms with Crippen molar-refractivity contribution in [3.63, 3.8) is 0 Å². The minimum atomic E-state index is -5.23. The molecule has 1 aromatic heterocycles. The number of rotatable bonds is 7. The van der Waals surface area contributed by atoms with Crippen molar-refractivity contribution in [1.82, 2.24) is 4.98 Å². The van der Waals surface area contributed by atoms with Gasteiger partial charge in [0, 0.05) is 6.54 Å². The number of alkyl halides is 5. The van der Waals surface area contributed by atoms with Crippen molar-refractivity contribution in [3.8, 4) is 0 Å². The number of methoxy groups -OCH3 is 1. The van der Waals surface area contributed by atoms with E-state index in [4.69, 9.17) is 0 Å². The van der Waals surface area contributed by atoms with Gasteiger partial charge in [-0.25, -0.2) is 23.4 Å². The van der Waals surface area contributed by atoms with Crippen molar-refractivity contribution in [2.45, 2.75) is 32.9 Å². The lowest BCUT2D eigenvalue weighted by Crippen LogP contribution is -2.25. The molecule has 6 nitrogen and oxygen atoms in total. The summed E-state index contributed by atoms with van der Waals surface area (Å²) in [5.41, 5.74) is -6.12. The Labute approximate surface area is 145 Å². The van der Waals surface area contributed by atoms with Crippen LogP contribution in [0.3, 0.4) is 0 Å². The second-order valence-electron chi connectivity index (χ2n) is 4.91. The van der Waals surface area contributed by atoms with Gasteiger partial charge in [0.05, 0.1) is 19.4 Å². The molecule has 0 spiro atoms. The summed E-state index contributed by atoms with van der Waals surface area (Å²) >= 11 is 0. The normalized spacial score (nSPS) is 11.4. The molecule has 0 unspecified atom stereocenters. The molecule has 146 valence electrons. The van der Waals surface area contributed by atoms with Crippen LogP contribution in [0.4, 0.5) is 27.6 Å². The van der Waals surface area contributed by atoms with Crippen LogP contribution in [0.1, 0.15) is 58.8 Å². The summed E-state index contributed by atoms with van der Waals surface area (Å²) in [6.45, 7) is 2.73. The minimum Gasteiger partial charge on any atom is -0.465 e. The van der Waals surface area contributed by atoms with E-state index in [0.29, 0.717) is 6.42 Å². The molecule has 0 aliphatic carbocycles. The fourth-order valence-corrected chi connectivity index (χ4v) is 2.10. The quantitative estimate of drug-likeness (QED) is 0.569. The molecule has 0 saturated heterocycles. The number of halogens is 5. The summed E-state index contributed by atoms with van der Waals surface area (Å²) in [5.74, 6) is -2.80. The van der Waals surface area contributed by atoms with Crippen LogP contribution in [0.25, 0.3) is 0 Å². The Balaban J connectivity index is 3.96. The van der Waals surface area contributed by atoms with Gasteiger partial charge in [-0.3, -0.25) is 0 Å². The molecule has 1 N–H and O–H groups in total. The molecular formula is C15H17F5N2O4. The van der Waals surface area contributed by atoms with Gasteiger partial charge in [0.25, 0.3) is 6.43 Å². The van der Waals surface area contributed by atoms with Gasteiger partial charge in [-0.2, -0.15) is 13.2 Å². The van der Waals surface area contributed by atoms with E-state index in [1.54, 1.807) is 6.92 Å². The molecule has 1 aromatic rings. The molecule has 0 aliphatic rings. The van der Waals surface area contributed by atoms with Crippen LogP contribution in [-0.4, -0.2) is 37.2 Å². The van der Waals surface area contributed by atoms with Gasteiger partial charge in [0.15, 0.2) is 5.69 Å². The number of hydrogen-bond acceptors (Lipinski definition) is 6. The Morgan fingerprint density at radius 3 is 2.19 bits per heavy atom. The number of esters is 2. The number of pyridine rings is 1. The predicted molar refractivity (Wildman–Crippen MR) is 80.3 cm³/mol.